The van der Waals surface area contributed by atoms with Crippen LogP contribution >= 0.6 is 0 Å². The van der Waals surface area contributed by atoms with Crippen molar-refractivity contribution in [3.63, 3.8) is 0 Å². The third-order valence-electron chi connectivity index (χ3n) is 2.81. The predicted molar refractivity (Wildman–Crippen MR) is 81.9 cm³/mol. The molecule has 7 heteroatoms. The van der Waals surface area contributed by atoms with E-state index in [0.717, 1.165) is 23.1 Å². The highest BCUT2D eigenvalue weighted by Crippen LogP contribution is 2.28. The molecule has 0 aliphatic rings. The molecule has 0 fully saturated rings. The van der Waals surface area contributed by atoms with Crippen molar-refractivity contribution in [2.24, 2.45) is 7.05 Å². The molecular weight excluding hydrogens is 286 g/mol. The van der Waals surface area contributed by atoms with E-state index in [1.807, 2.05) is 27.0 Å². The Labute approximate surface area is 127 Å². The van der Waals surface area contributed by atoms with E-state index < -0.39 is 11.9 Å². The average Bonchev–Trinajstić information content (AvgIpc) is 2.72. The van der Waals surface area contributed by atoms with Crippen LogP contribution in [0.15, 0.2) is 30.4 Å². The molecule has 0 aliphatic heterocycles. The minimum absolute atomic E-state index is 0.0187. The summed E-state index contributed by atoms with van der Waals surface area (Å²) in [4.78, 5) is 22.0. The van der Waals surface area contributed by atoms with Gasteiger partial charge in [-0.1, -0.05) is 0 Å². The van der Waals surface area contributed by atoms with E-state index in [1.165, 1.54) is 0 Å². The molecule has 1 heterocycles. The van der Waals surface area contributed by atoms with Crippen molar-refractivity contribution in [1.29, 1.82) is 0 Å². The van der Waals surface area contributed by atoms with Gasteiger partial charge in [-0.05, 0) is 32.0 Å². The van der Waals surface area contributed by atoms with Crippen molar-refractivity contribution in [2.75, 3.05) is 5.32 Å². The van der Waals surface area contributed by atoms with E-state index in [9.17, 15) is 9.59 Å². The van der Waals surface area contributed by atoms with E-state index in [4.69, 9.17) is 9.84 Å². The summed E-state index contributed by atoms with van der Waals surface area (Å²) in [5.41, 5.74) is 1.41. The SMILES string of the molecule is CC(C)Oc1nn(C)c2ccc(NC(=O)/C=C/C(=O)O)cc12. The van der Waals surface area contributed by atoms with Crippen LogP contribution in [-0.4, -0.2) is 32.9 Å². The van der Waals surface area contributed by atoms with Crippen LogP contribution in [0.5, 0.6) is 5.88 Å². The highest BCUT2D eigenvalue weighted by Gasteiger charge is 2.12. The van der Waals surface area contributed by atoms with Crippen LogP contribution in [0.4, 0.5) is 5.69 Å². The van der Waals surface area contributed by atoms with Crippen molar-refractivity contribution in [2.45, 2.75) is 20.0 Å². The van der Waals surface area contributed by atoms with Crippen molar-refractivity contribution in [3.05, 3.63) is 30.4 Å². The first-order valence-electron chi connectivity index (χ1n) is 6.72. The minimum Gasteiger partial charge on any atom is -0.478 e. The lowest BCUT2D eigenvalue weighted by atomic mass is 10.2. The number of carbonyl (C=O) groups excluding carboxylic acids is 1. The van der Waals surface area contributed by atoms with Crippen molar-refractivity contribution in [3.8, 4) is 5.88 Å². The van der Waals surface area contributed by atoms with Gasteiger partial charge in [-0.2, -0.15) is 0 Å². The topological polar surface area (TPSA) is 93.5 Å². The normalized spacial score (nSPS) is 11.3. The van der Waals surface area contributed by atoms with Gasteiger partial charge in [-0.25, -0.2) is 4.79 Å². The molecule has 0 spiro atoms. The van der Waals surface area contributed by atoms with Gasteiger partial charge in [-0.15, -0.1) is 5.10 Å². The molecule has 1 amide bonds. The summed E-state index contributed by atoms with van der Waals surface area (Å²) in [6.45, 7) is 3.81. The van der Waals surface area contributed by atoms with Crippen molar-refractivity contribution < 1.29 is 19.4 Å². The van der Waals surface area contributed by atoms with E-state index in [2.05, 4.69) is 10.4 Å². The first-order chi connectivity index (χ1) is 10.4. The Kier molecular flexibility index (Phi) is 4.45. The first-order valence-corrected chi connectivity index (χ1v) is 6.72. The average molecular weight is 303 g/mol. The van der Waals surface area contributed by atoms with Crippen molar-refractivity contribution >= 4 is 28.5 Å². The molecule has 2 aromatic rings. The van der Waals surface area contributed by atoms with Gasteiger partial charge in [0.25, 0.3) is 0 Å². The Morgan fingerprint density at radius 2 is 2.09 bits per heavy atom. The zero-order valence-electron chi connectivity index (χ0n) is 12.5. The van der Waals surface area contributed by atoms with Gasteiger partial charge in [0.1, 0.15) is 0 Å². The second-order valence-corrected chi connectivity index (χ2v) is 4.99. The maximum absolute atomic E-state index is 11.6. The molecule has 1 aromatic carbocycles. The number of aromatic nitrogens is 2. The van der Waals surface area contributed by atoms with Crippen LogP contribution in [0.1, 0.15) is 13.8 Å². The number of benzene rings is 1. The maximum Gasteiger partial charge on any atom is 0.328 e. The number of anilines is 1. The van der Waals surface area contributed by atoms with E-state index >= 15 is 0 Å². The fraction of sp³-hybridized carbons (Fsp3) is 0.267. The first kappa shape index (κ1) is 15.6. The Balaban J connectivity index is 2.29. The summed E-state index contributed by atoms with van der Waals surface area (Å²) in [5.74, 6) is -1.20. The number of nitrogens with one attached hydrogen (secondary N) is 1. The number of amides is 1. The molecule has 0 saturated carbocycles. The van der Waals surface area contributed by atoms with Gasteiger partial charge in [0.15, 0.2) is 0 Å². The molecule has 0 aliphatic carbocycles. The van der Waals surface area contributed by atoms with Crippen LogP contribution < -0.4 is 10.1 Å². The van der Waals surface area contributed by atoms with Gasteiger partial charge >= 0.3 is 5.97 Å². The highest BCUT2D eigenvalue weighted by molar-refractivity contribution is 6.03. The number of aryl methyl sites for hydroxylation is 1. The van der Waals surface area contributed by atoms with Gasteiger partial charge in [0.05, 0.1) is 17.0 Å². The minimum atomic E-state index is -1.18. The van der Waals surface area contributed by atoms with Gasteiger partial charge in [0, 0.05) is 24.9 Å². The molecular formula is C15H17N3O4. The third-order valence-corrected chi connectivity index (χ3v) is 2.81. The molecule has 0 atom stereocenters. The largest absolute Gasteiger partial charge is 0.478 e. The third kappa shape index (κ3) is 3.63. The summed E-state index contributed by atoms with van der Waals surface area (Å²) in [6, 6.07) is 5.27. The highest BCUT2D eigenvalue weighted by atomic mass is 16.5. The number of carboxylic acid groups (broad SMARTS) is 1. The van der Waals surface area contributed by atoms with E-state index in [0.29, 0.717) is 11.6 Å². The number of hydrogen-bond acceptors (Lipinski definition) is 4. The van der Waals surface area contributed by atoms with Crippen LogP contribution in [-0.2, 0) is 16.6 Å². The molecule has 0 bridgehead atoms. The molecule has 0 saturated heterocycles. The molecule has 7 nitrogen and oxygen atoms in total. The van der Waals surface area contributed by atoms with Gasteiger partial charge in [0.2, 0.25) is 11.8 Å². The quantitative estimate of drug-likeness (QED) is 0.823. The molecule has 2 rings (SSSR count). The Bertz CT molecular complexity index is 747. The second kappa shape index (κ2) is 6.30. The summed E-state index contributed by atoms with van der Waals surface area (Å²) < 4.78 is 7.35. The fourth-order valence-electron chi connectivity index (χ4n) is 1.95. The summed E-state index contributed by atoms with van der Waals surface area (Å²) in [5, 5.41) is 16.2. The number of rotatable bonds is 5. The van der Waals surface area contributed by atoms with Crippen LogP contribution in [0.2, 0.25) is 0 Å². The second-order valence-electron chi connectivity index (χ2n) is 4.99. The molecule has 22 heavy (non-hydrogen) atoms. The summed E-state index contributed by atoms with van der Waals surface area (Å²) in [7, 11) is 1.81. The molecule has 116 valence electrons. The lowest BCUT2D eigenvalue weighted by molar-refractivity contribution is -0.131. The van der Waals surface area contributed by atoms with Crippen LogP contribution in [0, 0.1) is 0 Å². The smallest absolute Gasteiger partial charge is 0.328 e. The Morgan fingerprint density at radius 1 is 1.36 bits per heavy atom. The van der Waals surface area contributed by atoms with Crippen molar-refractivity contribution in [1.82, 2.24) is 9.78 Å². The number of fused-ring (bicyclic) bond motifs is 1. The predicted octanol–water partition coefficient (Wildman–Crippen LogP) is 1.94. The van der Waals surface area contributed by atoms with E-state index in [1.54, 1.807) is 16.8 Å². The monoisotopic (exact) mass is 303 g/mol. The zero-order valence-corrected chi connectivity index (χ0v) is 12.5. The van der Waals surface area contributed by atoms with Crippen LogP contribution in [0.25, 0.3) is 10.9 Å². The number of nitrogens with zero attached hydrogens (tertiary/aromatic N) is 2. The Morgan fingerprint density at radius 3 is 2.73 bits per heavy atom. The number of ether oxygens (including phenoxy) is 1. The van der Waals surface area contributed by atoms with Gasteiger partial charge < -0.3 is 15.2 Å². The molecule has 1 aromatic heterocycles. The molecule has 0 unspecified atom stereocenters. The summed E-state index contributed by atoms with van der Waals surface area (Å²) in [6.07, 6.45) is 1.72. The number of hydrogen-bond donors (Lipinski definition) is 2. The number of carbonyl (C=O) groups is 2. The van der Waals surface area contributed by atoms with Crippen LogP contribution in [0.3, 0.4) is 0 Å². The summed E-state index contributed by atoms with van der Waals surface area (Å²) >= 11 is 0. The standard InChI is InChI=1S/C15H17N3O4/c1-9(2)22-15-11-8-10(4-5-12(11)18(3)17-15)16-13(19)6-7-14(20)21/h4-9H,1-3H3,(H,16,19)(H,20,21)/b7-6+. The fourth-order valence-corrected chi connectivity index (χ4v) is 1.95. The lowest BCUT2D eigenvalue weighted by Crippen LogP contribution is -2.08. The van der Waals surface area contributed by atoms with E-state index in [-0.39, 0.29) is 6.10 Å². The maximum atomic E-state index is 11.6. The molecule has 0 radical (unpaired) electrons. The zero-order chi connectivity index (χ0) is 16.3. The number of aliphatic carboxylic acids is 1. The number of carboxylic acids is 1. The molecule has 2 N–H and O–H groups in total. The Hall–Kier alpha value is -2.83. The van der Waals surface area contributed by atoms with Gasteiger partial charge in [-0.3, -0.25) is 9.48 Å². The lowest BCUT2D eigenvalue weighted by Gasteiger charge is -2.07.